The molecular formula is C28H29FN8O3. The zero-order chi connectivity index (χ0) is 27.8. The number of hydrogen-bond acceptors (Lipinski definition) is 7. The normalized spacial score (nSPS) is 16.4. The average molecular weight is 545 g/mol. The van der Waals surface area contributed by atoms with Crippen LogP contribution in [0.3, 0.4) is 0 Å². The first-order valence-electron chi connectivity index (χ1n) is 13.2. The molecule has 1 fully saturated rings. The van der Waals surface area contributed by atoms with Crippen LogP contribution in [0.25, 0.3) is 22.2 Å². The molecule has 0 spiro atoms. The lowest BCUT2D eigenvalue weighted by Crippen LogP contribution is -2.30. The van der Waals surface area contributed by atoms with E-state index in [4.69, 9.17) is 4.74 Å². The third-order valence-corrected chi connectivity index (χ3v) is 7.38. The van der Waals surface area contributed by atoms with Crippen molar-refractivity contribution < 1.29 is 18.7 Å². The number of nitrogens with one attached hydrogen (secondary N) is 3. The minimum absolute atomic E-state index is 0.0132. The Balaban J connectivity index is 1.19. The van der Waals surface area contributed by atoms with Gasteiger partial charge in [0.15, 0.2) is 17.2 Å². The molecule has 2 aliphatic heterocycles. The lowest BCUT2D eigenvalue weighted by atomic mass is 10.0. The van der Waals surface area contributed by atoms with Gasteiger partial charge >= 0.3 is 0 Å². The number of likely N-dealkylation sites (tertiary alicyclic amines) is 1. The zero-order valence-corrected chi connectivity index (χ0v) is 22.0. The Kier molecular flexibility index (Phi) is 6.66. The van der Waals surface area contributed by atoms with Gasteiger partial charge in [-0.15, -0.1) is 0 Å². The number of rotatable bonds is 7. The smallest absolute Gasteiger partial charge is 0.272 e. The van der Waals surface area contributed by atoms with E-state index in [0.29, 0.717) is 60.3 Å². The van der Waals surface area contributed by atoms with Crippen LogP contribution in [0.1, 0.15) is 34.5 Å². The van der Waals surface area contributed by atoms with E-state index < -0.39 is 5.82 Å². The van der Waals surface area contributed by atoms with Gasteiger partial charge in [-0.1, -0.05) is 18.7 Å². The zero-order valence-electron chi connectivity index (χ0n) is 22.0. The highest BCUT2D eigenvalue weighted by atomic mass is 19.1. The third-order valence-electron chi connectivity index (χ3n) is 7.38. The quantitative estimate of drug-likeness (QED) is 0.305. The van der Waals surface area contributed by atoms with Gasteiger partial charge in [-0.3, -0.25) is 14.7 Å². The molecule has 0 radical (unpaired) electrons. The van der Waals surface area contributed by atoms with Gasteiger partial charge in [-0.05, 0) is 42.7 Å². The maximum absolute atomic E-state index is 15.3. The van der Waals surface area contributed by atoms with Crippen LogP contribution in [0.4, 0.5) is 10.2 Å². The van der Waals surface area contributed by atoms with Crippen LogP contribution in [0.5, 0.6) is 5.88 Å². The summed E-state index contributed by atoms with van der Waals surface area (Å²) >= 11 is 0. The summed E-state index contributed by atoms with van der Waals surface area (Å²) in [5.41, 5.74) is 3.28. The number of H-pyrrole nitrogens is 1. The van der Waals surface area contributed by atoms with E-state index in [1.165, 1.54) is 12.1 Å². The summed E-state index contributed by atoms with van der Waals surface area (Å²) in [7, 11) is 0. The topological polar surface area (TPSA) is 130 Å². The fraction of sp³-hybridized carbons (Fsp3) is 0.321. The monoisotopic (exact) mass is 544 g/mol. The number of carbonyl (C=O) groups is 2. The van der Waals surface area contributed by atoms with E-state index in [2.05, 4.69) is 37.5 Å². The Bertz CT molecular complexity index is 1630. The summed E-state index contributed by atoms with van der Waals surface area (Å²) in [5.74, 6) is 0.281. The van der Waals surface area contributed by atoms with Crippen molar-refractivity contribution in [3.8, 4) is 17.0 Å². The molecule has 1 unspecified atom stereocenters. The number of halogens is 1. The number of pyridine rings is 1. The molecule has 1 aromatic carbocycles. The van der Waals surface area contributed by atoms with Gasteiger partial charge in [-0.2, -0.15) is 10.2 Å². The van der Waals surface area contributed by atoms with Gasteiger partial charge in [0.05, 0.1) is 12.0 Å². The van der Waals surface area contributed by atoms with Crippen molar-refractivity contribution in [1.82, 2.24) is 35.2 Å². The van der Waals surface area contributed by atoms with Crippen LogP contribution in [0, 0.1) is 12.7 Å². The highest BCUT2D eigenvalue weighted by Crippen LogP contribution is 2.33. The standard InChI is InChI=1S/C28H29FN8O3/c1-3-22(38)36-11-8-19(15-36)32-26-23-20(7-9-30-25(23)33-34-26)17-5-6-18(21(29)13-17)14-31-27(39)24-16(2)28-37(35-24)10-4-12-40-28/h3,5-7,9,13,19H,1,4,8,10-12,14-15H2,2H3,(H,31,39)(H2,30,32,33,34). The van der Waals surface area contributed by atoms with Crippen LogP contribution in [-0.2, 0) is 17.9 Å². The molecule has 6 rings (SSSR count). The minimum atomic E-state index is -0.445. The average Bonchev–Trinajstić information content (AvgIpc) is 3.70. The van der Waals surface area contributed by atoms with Crippen molar-refractivity contribution in [3.05, 3.63) is 65.8 Å². The summed E-state index contributed by atoms with van der Waals surface area (Å²) in [4.78, 5) is 30.9. The van der Waals surface area contributed by atoms with Gasteiger partial charge in [0.25, 0.3) is 5.91 Å². The number of aromatic amines is 1. The van der Waals surface area contributed by atoms with Crippen LogP contribution >= 0.6 is 0 Å². The number of hydrogen-bond donors (Lipinski definition) is 3. The lowest BCUT2D eigenvalue weighted by Gasteiger charge is -2.15. The van der Waals surface area contributed by atoms with Gasteiger partial charge in [0.1, 0.15) is 5.82 Å². The first kappa shape index (κ1) is 25.5. The van der Waals surface area contributed by atoms with Crippen LogP contribution in [0.15, 0.2) is 43.1 Å². The number of anilines is 1. The molecule has 5 heterocycles. The molecular weight excluding hydrogens is 515 g/mol. The highest BCUT2D eigenvalue weighted by Gasteiger charge is 2.27. The minimum Gasteiger partial charge on any atom is -0.478 e. The van der Waals surface area contributed by atoms with Crippen molar-refractivity contribution in [2.75, 3.05) is 25.0 Å². The molecule has 11 nitrogen and oxygen atoms in total. The fourth-order valence-electron chi connectivity index (χ4n) is 5.28. The molecule has 206 valence electrons. The number of ether oxygens (including phenoxy) is 1. The SMILES string of the molecule is C=CC(=O)N1CCC(Nc2n[nH]c3nccc(-c4ccc(CNC(=O)c5nn6c(c5C)OCCC6)c(F)c4)c23)C1. The Morgan fingerprint density at radius 2 is 2.17 bits per heavy atom. The van der Waals surface area contributed by atoms with Gasteiger partial charge in [0.2, 0.25) is 11.8 Å². The molecule has 40 heavy (non-hydrogen) atoms. The van der Waals surface area contributed by atoms with E-state index in [-0.39, 0.29) is 30.1 Å². The van der Waals surface area contributed by atoms with Crippen LogP contribution in [-0.4, -0.2) is 67.4 Å². The summed E-state index contributed by atoms with van der Waals surface area (Å²) in [6, 6.07) is 6.75. The summed E-state index contributed by atoms with van der Waals surface area (Å²) in [6.45, 7) is 7.84. The van der Waals surface area contributed by atoms with Gasteiger partial charge in [0, 0.05) is 56.0 Å². The lowest BCUT2D eigenvalue weighted by molar-refractivity contribution is -0.125. The number of amides is 2. The second kappa shape index (κ2) is 10.4. The van der Waals surface area contributed by atoms with Crippen molar-refractivity contribution in [2.24, 2.45) is 0 Å². The number of fused-ring (bicyclic) bond motifs is 2. The van der Waals surface area contributed by atoms with E-state index in [0.717, 1.165) is 23.8 Å². The van der Waals surface area contributed by atoms with Gasteiger partial charge < -0.3 is 20.3 Å². The van der Waals surface area contributed by atoms with Gasteiger partial charge in [-0.25, -0.2) is 14.1 Å². The van der Waals surface area contributed by atoms with E-state index in [1.807, 2.05) is 12.1 Å². The molecule has 0 saturated carbocycles. The number of aryl methyl sites for hydroxylation is 1. The predicted octanol–water partition coefficient (Wildman–Crippen LogP) is 3.18. The molecule has 2 aliphatic rings. The Morgan fingerprint density at radius 3 is 2.98 bits per heavy atom. The molecule has 0 bridgehead atoms. The largest absolute Gasteiger partial charge is 0.478 e. The van der Waals surface area contributed by atoms with Crippen molar-refractivity contribution in [1.29, 1.82) is 0 Å². The molecule has 3 N–H and O–H groups in total. The second-order valence-corrected chi connectivity index (χ2v) is 9.97. The third kappa shape index (κ3) is 4.65. The number of aromatic nitrogens is 5. The predicted molar refractivity (Wildman–Crippen MR) is 146 cm³/mol. The molecule has 3 aromatic heterocycles. The maximum Gasteiger partial charge on any atom is 0.272 e. The number of nitrogens with zero attached hydrogens (tertiary/aromatic N) is 5. The first-order chi connectivity index (χ1) is 19.4. The second-order valence-electron chi connectivity index (χ2n) is 9.97. The summed E-state index contributed by atoms with van der Waals surface area (Å²) < 4.78 is 22.6. The Morgan fingerprint density at radius 1 is 1.30 bits per heavy atom. The molecule has 0 aliphatic carbocycles. The highest BCUT2D eigenvalue weighted by molar-refractivity contribution is 6.00. The van der Waals surface area contributed by atoms with E-state index in [9.17, 15) is 9.59 Å². The number of carbonyl (C=O) groups excluding carboxylic acids is 2. The molecule has 4 aromatic rings. The van der Waals surface area contributed by atoms with Crippen LogP contribution < -0.4 is 15.4 Å². The van der Waals surface area contributed by atoms with Crippen molar-refractivity contribution >= 4 is 28.7 Å². The van der Waals surface area contributed by atoms with Crippen LogP contribution in [0.2, 0.25) is 0 Å². The molecule has 2 amide bonds. The maximum atomic E-state index is 15.3. The molecule has 1 atom stereocenters. The molecule has 1 saturated heterocycles. The molecule has 12 heteroatoms. The first-order valence-corrected chi connectivity index (χ1v) is 13.2. The van der Waals surface area contributed by atoms with Crippen molar-refractivity contribution in [2.45, 2.75) is 38.9 Å². The summed E-state index contributed by atoms with van der Waals surface area (Å²) in [6.07, 6.45) is 4.57. The van der Waals surface area contributed by atoms with E-state index >= 15 is 4.39 Å². The Labute approximate surface area is 229 Å². The van der Waals surface area contributed by atoms with Crippen molar-refractivity contribution in [3.63, 3.8) is 0 Å². The fourth-order valence-corrected chi connectivity index (χ4v) is 5.28. The van der Waals surface area contributed by atoms with E-state index in [1.54, 1.807) is 28.8 Å². The number of benzene rings is 1. The Hall–Kier alpha value is -4.74. The summed E-state index contributed by atoms with van der Waals surface area (Å²) in [5, 5.41) is 18.6.